The second kappa shape index (κ2) is 32.0. The summed E-state index contributed by atoms with van der Waals surface area (Å²) in [5, 5.41) is 53.5. The molecule has 6 aliphatic heterocycles. The Bertz CT molecular complexity index is 4420. The first-order valence-electron chi connectivity index (χ1n) is 34.9. The molecule has 10 rings (SSSR count). The Labute approximate surface area is 609 Å². The number of fused-ring (bicyclic) bond motifs is 8. The summed E-state index contributed by atoms with van der Waals surface area (Å²) in [7, 11) is 1.40. The summed E-state index contributed by atoms with van der Waals surface area (Å²) in [5.74, 6) is -12.0. The molecular formula is C75H90N10O19S. The highest BCUT2D eigenvalue weighted by atomic mass is 32.1. The number of urea groups is 1. The summed E-state index contributed by atoms with van der Waals surface area (Å²) in [4.78, 5) is 160. The van der Waals surface area contributed by atoms with Crippen molar-refractivity contribution in [2.75, 3.05) is 43.5 Å². The first kappa shape index (κ1) is 77.3. The number of nitrogens with one attached hydrogen (secondary N) is 6. The number of benzene rings is 4. The van der Waals surface area contributed by atoms with E-state index < -0.39 is 148 Å². The highest BCUT2D eigenvalue weighted by molar-refractivity contribution is 7.22. The van der Waals surface area contributed by atoms with Crippen LogP contribution < -0.4 is 57.4 Å². The molecule has 11 N–H and O–H groups in total. The van der Waals surface area contributed by atoms with Gasteiger partial charge in [-0.25, -0.2) is 9.78 Å². The van der Waals surface area contributed by atoms with Crippen LogP contribution in [0.15, 0.2) is 95.6 Å². The summed E-state index contributed by atoms with van der Waals surface area (Å²) in [5.41, 5.74) is 3.26. The van der Waals surface area contributed by atoms with Crippen LogP contribution in [0.3, 0.4) is 0 Å². The maximum atomic E-state index is 16.1. The van der Waals surface area contributed by atoms with Crippen LogP contribution in [0.1, 0.15) is 116 Å². The van der Waals surface area contributed by atoms with Crippen molar-refractivity contribution in [2.24, 2.45) is 29.4 Å². The van der Waals surface area contributed by atoms with Crippen molar-refractivity contribution in [1.82, 2.24) is 36.5 Å². The van der Waals surface area contributed by atoms with E-state index in [1.807, 2.05) is 4.90 Å². The highest BCUT2D eigenvalue weighted by Gasteiger charge is 2.56. The number of amides is 9. The van der Waals surface area contributed by atoms with Gasteiger partial charge < -0.3 is 81.5 Å². The largest absolute Gasteiger partial charge is 0.506 e. The third kappa shape index (κ3) is 16.3. The van der Waals surface area contributed by atoms with Gasteiger partial charge in [0.1, 0.15) is 58.8 Å². The molecule has 0 radical (unpaired) electrons. The number of nitrogens with zero attached hydrogens (tertiary/aromatic N) is 3. The van der Waals surface area contributed by atoms with E-state index in [9.17, 15) is 58.5 Å². The number of phenols is 1. The number of phenolic OH excluding ortho intramolecular Hbond substituents is 1. The Morgan fingerprint density at radius 3 is 2.21 bits per heavy atom. The number of rotatable bonds is 20. The van der Waals surface area contributed by atoms with E-state index in [2.05, 4.69) is 31.9 Å². The number of ketones is 1. The van der Waals surface area contributed by atoms with E-state index >= 15 is 9.59 Å². The van der Waals surface area contributed by atoms with E-state index in [0.717, 1.165) is 28.4 Å². The number of primary amides is 1. The Morgan fingerprint density at radius 1 is 0.867 bits per heavy atom. The normalized spacial score (nSPS) is 25.4. The number of aromatic hydroxyl groups is 1. The van der Waals surface area contributed by atoms with Crippen molar-refractivity contribution in [2.45, 2.75) is 168 Å². The van der Waals surface area contributed by atoms with Gasteiger partial charge in [-0.2, -0.15) is 0 Å². The minimum absolute atomic E-state index is 0.0212. The maximum absolute atomic E-state index is 16.1. The predicted octanol–water partition coefficient (Wildman–Crippen LogP) is 5.13. The maximum Gasteiger partial charge on any atom is 0.312 e. The van der Waals surface area contributed by atoms with E-state index in [1.54, 1.807) is 83.2 Å². The molecule has 29 nitrogen and oxygen atoms in total. The minimum Gasteiger partial charge on any atom is -0.506 e. The Kier molecular flexibility index (Phi) is 23.5. The van der Waals surface area contributed by atoms with E-state index in [1.165, 1.54) is 66.2 Å². The molecule has 1 saturated heterocycles. The molecule has 3 aromatic rings. The lowest BCUT2D eigenvalue weighted by Crippen LogP contribution is -2.62. The van der Waals surface area contributed by atoms with Crippen LogP contribution in [-0.4, -0.2) is 178 Å². The molecule has 105 heavy (non-hydrogen) atoms. The number of piperidine rings is 1. The number of carbonyl (C=O) groups is 10. The lowest BCUT2D eigenvalue weighted by atomic mass is 9.75. The van der Waals surface area contributed by atoms with Crippen LogP contribution in [-0.2, 0) is 59.0 Å². The molecule has 6 heterocycles. The lowest BCUT2D eigenvalue weighted by Gasteiger charge is -2.47. The zero-order valence-electron chi connectivity index (χ0n) is 60.3. The molecule has 0 saturated carbocycles. The third-order valence-electron chi connectivity index (χ3n) is 20.2. The van der Waals surface area contributed by atoms with Gasteiger partial charge in [-0.05, 0) is 70.1 Å². The predicted molar refractivity (Wildman–Crippen MR) is 388 cm³/mol. The SMILES string of the molecule is CO[C@H]1/C=C/O[C@@]2(C)Oc3c(C)c4c5c(=O)c(c6sc7cc(N8CCC(NC(=O)[C@H](Cc9ccccc9)NC(=O)[C@H](CCCNC(N)=O)NC(=O)[C@@H](NC(=O)CCN9C(=O)C=CC9=O)C(C)C)CC8)cc(O)c7nc-6c5c3C2=O)NC(=O)/C(C)=C\C=C\[C@H](C)[C@H](O)[C@@H](C)[C@@H](O)C(C)(O4)[C@H](OC(C)=O)[C@@H]1C. The van der Waals surface area contributed by atoms with Crippen LogP contribution >= 0.6 is 11.3 Å². The molecule has 6 bridgehead atoms. The molecule has 1 unspecified atom stereocenters. The average Bonchev–Trinajstić information content (AvgIpc) is 1.64. The number of aliphatic hydroxyl groups is 2. The molecular weight excluding hydrogens is 1380 g/mol. The Morgan fingerprint density at radius 2 is 1.55 bits per heavy atom. The number of ether oxygens (including phenoxy) is 5. The van der Waals surface area contributed by atoms with Gasteiger partial charge in [0.15, 0.2) is 5.60 Å². The first-order valence-corrected chi connectivity index (χ1v) is 35.8. The standard InChI is InChI=1S/C75H90N10O19S/c1-36(2)57(81-51(88)26-31-85-52(89)22-23-53(85)90)72(98)79-46(21-16-28-77-73(76)99)70(96)80-47(33-43-19-13-12-14-20-43)71(97)78-44-24-29-84(30-25-44)45-34-48(87)58-50(35-45)105-65-59(82-58)54-55-62(92)60(65)83-69(95)38(4)18-15-17-37(3)61(91)40(6)66(93)74(9)68(102-42(8)86)39(5)49(100-11)27-32-101-75(10)67(94)56(54)64(104-75)41(7)63(55)103-74/h12-15,17-20,22-23,27,32,34-37,39-40,44,46-47,49,57,61,66,68,87,91,93H,16,21,24-26,28-31,33H2,1-11H3,(H,78,97)(H,79,98)(H,80,96)(H,81,88)(H,83,95)(H3,76,77,99)/b17-15+,32-27+,38-18-/t37-,39+,40+,46-,47-,49-,57-,61-,66+,68+,74?,75-/m0/s1. The molecule has 0 spiro atoms. The van der Waals surface area contributed by atoms with Crippen molar-refractivity contribution in [1.29, 1.82) is 0 Å². The fraction of sp³-hybridized carbons (Fsp3) is 0.467. The number of esters is 1. The zero-order valence-corrected chi connectivity index (χ0v) is 61.1. The van der Waals surface area contributed by atoms with Gasteiger partial charge in [0.05, 0.1) is 44.7 Å². The van der Waals surface area contributed by atoms with Crippen molar-refractivity contribution in [3.05, 3.63) is 118 Å². The number of Topliss-reactive ketones (excluding diaryl/α,β-unsaturated/α-hetero) is 1. The minimum atomic E-state index is -2.12. The van der Waals surface area contributed by atoms with Crippen molar-refractivity contribution in [3.63, 3.8) is 0 Å². The van der Waals surface area contributed by atoms with Crippen LogP contribution in [0.4, 0.5) is 16.2 Å². The number of aromatic nitrogens is 1. The van der Waals surface area contributed by atoms with E-state index in [4.69, 9.17) is 34.4 Å². The average molecular weight is 1470 g/mol. The number of aliphatic hydroxyl groups excluding tert-OH is 2. The number of carbonyl (C=O) groups excluding carboxylic acids is 10. The fourth-order valence-electron chi connectivity index (χ4n) is 14.1. The highest BCUT2D eigenvalue weighted by Crippen LogP contribution is 2.54. The molecule has 9 amide bonds. The molecule has 12 atom stereocenters. The Balaban J connectivity index is 0.983. The van der Waals surface area contributed by atoms with E-state index in [0.29, 0.717) is 41.9 Å². The molecule has 7 aliphatic rings. The number of imide groups is 1. The van der Waals surface area contributed by atoms with Crippen molar-refractivity contribution >= 4 is 103 Å². The number of hydrogen-bond donors (Lipinski definition) is 10. The van der Waals surface area contributed by atoms with Crippen molar-refractivity contribution < 1.29 is 86.9 Å². The zero-order chi connectivity index (χ0) is 76.3. The van der Waals surface area contributed by atoms with Crippen LogP contribution in [0.5, 0.6) is 17.2 Å². The van der Waals surface area contributed by atoms with Crippen LogP contribution in [0.25, 0.3) is 31.6 Å². The number of hydrogen-bond acceptors (Lipinski definition) is 22. The van der Waals surface area contributed by atoms with Gasteiger partial charge in [0.25, 0.3) is 23.5 Å². The summed E-state index contributed by atoms with van der Waals surface area (Å²) < 4.78 is 32.4. The molecule has 30 heteroatoms. The smallest absolute Gasteiger partial charge is 0.312 e. The van der Waals surface area contributed by atoms with Gasteiger partial charge >= 0.3 is 17.8 Å². The van der Waals surface area contributed by atoms with E-state index in [-0.39, 0.29) is 105 Å². The van der Waals surface area contributed by atoms with Gasteiger partial charge in [-0.3, -0.25) is 52.8 Å². The summed E-state index contributed by atoms with van der Waals surface area (Å²) >= 11 is 0.989. The molecule has 560 valence electrons. The molecule has 0 aromatic heterocycles. The second-order valence-corrected chi connectivity index (χ2v) is 29.1. The number of anilines is 2. The lowest BCUT2D eigenvalue weighted by molar-refractivity contribution is -0.195. The second-order valence-electron chi connectivity index (χ2n) is 28.1. The van der Waals surface area contributed by atoms with Crippen LogP contribution in [0, 0.1) is 30.6 Å². The molecule has 3 aromatic carbocycles. The monoisotopic (exact) mass is 1470 g/mol. The van der Waals surface area contributed by atoms with Crippen LogP contribution in [0.2, 0.25) is 0 Å². The number of allylic oxidation sites excluding steroid dienone is 2. The van der Waals surface area contributed by atoms with Gasteiger partial charge in [-0.1, -0.05) is 83.2 Å². The number of methoxy groups -OCH3 is 1. The fourth-order valence-corrected chi connectivity index (χ4v) is 15.3. The van der Waals surface area contributed by atoms with Crippen molar-refractivity contribution in [3.8, 4) is 27.8 Å². The summed E-state index contributed by atoms with van der Waals surface area (Å²) in [6.45, 7) is 15.9. The first-order chi connectivity index (χ1) is 49.7. The summed E-state index contributed by atoms with van der Waals surface area (Å²) in [6, 6.07) is 7.27. The van der Waals surface area contributed by atoms with Gasteiger partial charge in [0.2, 0.25) is 29.1 Å². The Hall–Kier alpha value is -10.3. The third-order valence-corrected chi connectivity index (χ3v) is 21.3. The topological polar surface area (TPSA) is 412 Å². The summed E-state index contributed by atoms with van der Waals surface area (Å²) in [6.07, 6.45) is 4.75. The molecule has 1 fully saturated rings. The van der Waals surface area contributed by atoms with Gasteiger partial charge in [-0.15, -0.1) is 11.3 Å². The quantitative estimate of drug-likeness (QED) is 0.0159. The van der Waals surface area contributed by atoms with Gasteiger partial charge in [0, 0.05) is 124 Å². The molecule has 1 aliphatic carbocycles. The number of nitrogens with two attached hydrogens (primary N) is 1.